The molecule has 0 bridgehead atoms. The molecule has 0 saturated carbocycles. The third kappa shape index (κ3) is 5.07. The molecule has 0 amide bonds. The molecule has 0 aliphatic rings. The Balaban J connectivity index is 0.00000242. The van der Waals surface area contributed by atoms with Gasteiger partial charge in [0, 0.05) is 34.9 Å². The van der Waals surface area contributed by atoms with Gasteiger partial charge in [-0.2, -0.15) is 8.42 Å². The van der Waals surface area contributed by atoms with Crippen LogP contribution in [0.1, 0.15) is 44.6 Å². The molecule has 0 saturated heterocycles. The Kier molecular flexibility index (Phi) is 8.08. The molecular formula is C17H22NaO3S. The molecule has 0 aromatic heterocycles. The predicted molar refractivity (Wildman–Crippen MR) is 92.0 cm³/mol. The molecule has 3 nitrogen and oxygen atoms in total. The number of benzene rings is 2. The molecule has 22 heavy (non-hydrogen) atoms. The topological polar surface area (TPSA) is 54.4 Å². The number of unbranched alkanes of at least 4 members (excludes halogenated alkanes) is 4. The Morgan fingerprint density at radius 3 is 2.32 bits per heavy atom. The van der Waals surface area contributed by atoms with Gasteiger partial charge < -0.3 is 0 Å². The first-order chi connectivity index (χ1) is 10.0. The van der Waals surface area contributed by atoms with E-state index in [1.165, 1.54) is 19.3 Å². The molecule has 115 valence electrons. The van der Waals surface area contributed by atoms with Crippen LogP contribution in [0.25, 0.3) is 10.8 Å². The van der Waals surface area contributed by atoms with E-state index in [1.807, 2.05) is 24.3 Å². The van der Waals surface area contributed by atoms with Crippen molar-refractivity contribution < 1.29 is 13.0 Å². The maximum Gasteiger partial charge on any atom is 0.295 e. The Hall–Kier alpha value is -0.390. The summed E-state index contributed by atoms with van der Waals surface area (Å²) < 4.78 is 33.1. The van der Waals surface area contributed by atoms with E-state index in [1.54, 1.807) is 12.1 Å². The predicted octanol–water partition coefficient (Wildman–Crippen LogP) is 4.22. The minimum absolute atomic E-state index is 0. The van der Waals surface area contributed by atoms with Gasteiger partial charge in [-0.05, 0) is 23.8 Å². The first-order valence-corrected chi connectivity index (χ1v) is 8.96. The molecule has 0 heterocycles. The zero-order valence-electron chi connectivity index (χ0n) is 13.4. The Bertz CT molecular complexity index is 711. The summed E-state index contributed by atoms with van der Waals surface area (Å²) in [7, 11) is -4.21. The SMILES string of the molecule is CCCCCCCc1ccc2ccccc2c1S(=O)(=O)O.[Na]. The fourth-order valence-corrected chi connectivity index (χ4v) is 3.67. The summed E-state index contributed by atoms with van der Waals surface area (Å²) in [4.78, 5) is 0.0797. The van der Waals surface area contributed by atoms with Crippen LogP contribution in [0.15, 0.2) is 41.3 Å². The van der Waals surface area contributed by atoms with Crippen molar-refractivity contribution in [1.29, 1.82) is 0 Å². The minimum Gasteiger partial charge on any atom is -0.282 e. The second-order valence-corrected chi connectivity index (χ2v) is 6.77. The van der Waals surface area contributed by atoms with Gasteiger partial charge in [0.2, 0.25) is 0 Å². The molecule has 0 fully saturated rings. The molecule has 2 aromatic carbocycles. The van der Waals surface area contributed by atoms with Crippen LogP contribution in [0.3, 0.4) is 0 Å². The number of aryl methyl sites for hydroxylation is 1. The maximum atomic E-state index is 11.8. The molecule has 0 aliphatic heterocycles. The van der Waals surface area contributed by atoms with Crippen molar-refractivity contribution in [3.05, 3.63) is 42.0 Å². The zero-order chi connectivity index (χ0) is 15.3. The van der Waals surface area contributed by atoms with E-state index in [4.69, 9.17) is 0 Å². The second kappa shape index (κ2) is 9.04. The van der Waals surface area contributed by atoms with Crippen molar-refractivity contribution in [2.45, 2.75) is 50.3 Å². The number of fused-ring (bicyclic) bond motifs is 1. The minimum atomic E-state index is -4.21. The molecule has 2 aromatic rings. The van der Waals surface area contributed by atoms with Crippen molar-refractivity contribution in [3.63, 3.8) is 0 Å². The van der Waals surface area contributed by atoms with Crippen molar-refractivity contribution in [1.82, 2.24) is 0 Å². The van der Waals surface area contributed by atoms with Gasteiger partial charge >= 0.3 is 0 Å². The number of hydrogen-bond acceptors (Lipinski definition) is 2. The van der Waals surface area contributed by atoms with Crippen molar-refractivity contribution in [3.8, 4) is 0 Å². The largest absolute Gasteiger partial charge is 0.295 e. The standard InChI is InChI=1S/C17H22O3S.Na/c1-2-3-4-5-6-10-15-13-12-14-9-7-8-11-16(14)17(15)21(18,19)20;/h7-9,11-13H,2-6,10H2,1H3,(H,18,19,20);. The molecule has 5 heteroatoms. The second-order valence-electron chi connectivity index (χ2n) is 5.41. The first-order valence-electron chi connectivity index (χ1n) is 7.52. The molecule has 1 radical (unpaired) electrons. The molecule has 0 aliphatic carbocycles. The fourth-order valence-electron chi connectivity index (χ4n) is 2.71. The quantitative estimate of drug-likeness (QED) is 0.470. The van der Waals surface area contributed by atoms with E-state index >= 15 is 0 Å². The first kappa shape index (κ1) is 19.7. The van der Waals surface area contributed by atoms with Crippen LogP contribution in [-0.2, 0) is 16.5 Å². The molecule has 0 unspecified atom stereocenters. The van der Waals surface area contributed by atoms with Crippen LogP contribution in [0.4, 0.5) is 0 Å². The summed E-state index contributed by atoms with van der Waals surface area (Å²) in [5.41, 5.74) is 0.715. The average molecular weight is 329 g/mol. The summed E-state index contributed by atoms with van der Waals surface area (Å²) in [6, 6.07) is 11.0. The van der Waals surface area contributed by atoms with Crippen LogP contribution < -0.4 is 0 Å². The Morgan fingerprint density at radius 1 is 0.955 bits per heavy atom. The van der Waals surface area contributed by atoms with Gasteiger partial charge in [-0.3, -0.25) is 4.55 Å². The summed E-state index contributed by atoms with van der Waals surface area (Å²) in [5, 5.41) is 1.44. The smallest absolute Gasteiger partial charge is 0.282 e. The van der Waals surface area contributed by atoms with Crippen LogP contribution in [0.5, 0.6) is 0 Å². The van der Waals surface area contributed by atoms with Crippen molar-refractivity contribution in [2.24, 2.45) is 0 Å². The van der Waals surface area contributed by atoms with Gasteiger partial charge in [-0.25, -0.2) is 0 Å². The van der Waals surface area contributed by atoms with E-state index < -0.39 is 10.1 Å². The third-order valence-electron chi connectivity index (χ3n) is 3.77. The van der Waals surface area contributed by atoms with Gasteiger partial charge in [0.25, 0.3) is 10.1 Å². The number of hydrogen-bond donors (Lipinski definition) is 1. The van der Waals surface area contributed by atoms with E-state index in [2.05, 4.69) is 6.92 Å². The maximum absolute atomic E-state index is 11.8. The van der Waals surface area contributed by atoms with E-state index in [0.717, 1.165) is 18.2 Å². The van der Waals surface area contributed by atoms with Crippen LogP contribution in [-0.4, -0.2) is 42.5 Å². The molecule has 0 spiro atoms. The third-order valence-corrected chi connectivity index (χ3v) is 4.77. The molecule has 2 rings (SSSR count). The van der Waals surface area contributed by atoms with Crippen LogP contribution in [0, 0.1) is 0 Å². The molecular weight excluding hydrogens is 307 g/mol. The fraction of sp³-hybridized carbons (Fsp3) is 0.412. The summed E-state index contributed by atoms with van der Waals surface area (Å²) in [6.07, 6.45) is 6.29. The zero-order valence-corrected chi connectivity index (χ0v) is 16.2. The van der Waals surface area contributed by atoms with Crippen molar-refractivity contribution in [2.75, 3.05) is 0 Å². The normalized spacial score (nSPS) is 11.4. The van der Waals surface area contributed by atoms with Gasteiger partial charge in [-0.1, -0.05) is 69.0 Å². The summed E-state index contributed by atoms with van der Waals surface area (Å²) in [6.45, 7) is 2.17. The Morgan fingerprint density at radius 2 is 1.64 bits per heavy atom. The molecule has 1 N–H and O–H groups in total. The van der Waals surface area contributed by atoms with Gasteiger partial charge in [0.05, 0.1) is 0 Å². The van der Waals surface area contributed by atoms with Gasteiger partial charge in [0.15, 0.2) is 0 Å². The van der Waals surface area contributed by atoms with E-state index in [9.17, 15) is 13.0 Å². The van der Waals surface area contributed by atoms with Crippen LogP contribution >= 0.6 is 0 Å². The molecule has 0 atom stereocenters. The average Bonchev–Trinajstić information content (AvgIpc) is 2.45. The Labute approximate surface area is 155 Å². The van der Waals surface area contributed by atoms with Gasteiger partial charge in [0.1, 0.15) is 4.90 Å². The monoisotopic (exact) mass is 329 g/mol. The van der Waals surface area contributed by atoms with Crippen molar-refractivity contribution >= 4 is 50.4 Å². The van der Waals surface area contributed by atoms with E-state index in [0.29, 0.717) is 17.4 Å². The van der Waals surface area contributed by atoms with E-state index in [-0.39, 0.29) is 34.5 Å². The van der Waals surface area contributed by atoms with Gasteiger partial charge in [-0.15, -0.1) is 0 Å². The summed E-state index contributed by atoms with van der Waals surface area (Å²) >= 11 is 0. The number of rotatable bonds is 7. The van der Waals surface area contributed by atoms with Crippen LogP contribution in [0.2, 0.25) is 0 Å². The summed E-state index contributed by atoms with van der Waals surface area (Å²) in [5.74, 6) is 0.